The number of rotatable bonds is 3. The number of quaternary nitrogens is 1. The third-order valence-electron chi connectivity index (χ3n) is 3.36. The molecule has 88 valence electrons. The van der Waals surface area contributed by atoms with Gasteiger partial charge in [0.25, 0.3) is 0 Å². The number of hydrogen-bond donors (Lipinski definition) is 1. The molecule has 3 nitrogen and oxygen atoms in total. The van der Waals surface area contributed by atoms with Gasteiger partial charge in [0, 0.05) is 12.5 Å². The summed E-state index contributed by atoms with van der Waals surface area (Å²) in [6.45, 7) is 4.97. The van der Waals surface area contributed by atoms with Crippen molar-refractivity contribution in [1.82, 2.24) is 0 Å². The van der Waals surface area contributed by atoms with Gasteiger partial charge in [0.1, 0.15) is 5.70 Å². The lowest BCUT2D eigenvalue weighted by Crippen LogP contribution is -2.41. The topological polar surface area (TPSA) is 43.3 Å². The minimum atomic E-state index is -0.412. The average Bonchev–Trinajstić information content (AvgIpc) is 2.22. The molecule has 0 aromatic heterocycles. The summed E-state index contributed by atoms with van der Waals surface area (Å²) in [6, 6.07) is 0. The standard InChI is InChI=1S/C12H23NO2/c1-3-13(15,4-2)11-8-6-5-7-9-12(14)10-11/h10,12,14H,3-9H2,1-2H3. The van der Waals surface area contributed by atoms with Gasteiger partial charge in [-0.15, -0.1) is 0 Å². The second-order valence-corrected chi connectivity index (χ2v) is 4.35. The van der Waals surface area contributed by atoms with Gasteiger partial charge in [0.2, 0.25) is 0 Å². The summed E-state index contributed by atoms with van der Waals surface area (Å²) in [5.41, 5.74) is 0.882. The van der Waals surface area contributed by atoms with Crippen molar-refractivity contribution in [3.63, 3.8) is 0 Å². The molecule has 0 amide bonds. The predicted octanol–water partition coefficient (Wildman–Crippen LogP) is 2.55. The second-order valence-electron chi connectivity index (χ2n) is 4.35. The van der Waals surface area contributed by atoms with Gasteiger partial charge in [-0.3, -0.25) is 0 Å². The molecule has 0 saturated carbocycles. The van der Waals surface area contributed by atoms with E-state index in [1.54, 1.807) is 6.08 Å². The highest BCUT2D eigenvalue weighted by atomic mass is 16.5. The summed E-state index contributed by atoms with van der Waals surface area (Å²) in [4.78, 5) is 0. The van der Waals surface area contributed by atoms with Crippen molar-refractivity contribution in [3.8, 4) is 0 Å². The van der Waals surface area contributed by atoms with E-state index in [2.05, 4.69) is 0 Å². The summed E-state index contributed by atoms with van der Waals surface area (Å²) in [6.07, 6.45) is 6.33. The van der Waals surface area contributed by atoms with Gasteiger partial charge in [0.05, 0.1) is 19.2 Å². The van der Waals surface area contributed by atoms with Crippen LogP contribution in [0, 0.1) is 5.21 Å². The highest BCUT2D eigenvalue weighted by molar-refractivity contribution is 5.00. The summed E-state index contributed by atoms with van der Waals surface area (Å²) in [5, 5.41) is 22.1. The van der Waals surface area contributed by atoms with Crippen LogP contribution in [0.1, 0.15) is 46.0 Å². The molecule has 1 aliphatic rings. The van der Waals surface area contributed by atoms with Crippen molar-refractivity contribution < 1.29 is 9.75 Å². The third-order valence-corrected chi connectivity index (χ3v) is 3.36. The van der Waals surface area contributed by atoms with E-state index in [0.29, 0.717) is 13.1 Å². The van der Waals surface area contributed by atoms with Crippen molar-refractivity contribution in [2.75, 3.05) is 13.1 Å². The zero-order valence-electron chi connectivity index (χ0n) is 9.91. The van der Waals surface area contributed by atoms with Gasteiger partial charge in [-0.1, -0.05) is 12.8 Å². The van der Waals surface area contributed by atoms with Gasteiger partial charge >= 0.3 is 0 Å². The molecule has 0 radical (unpaired) electrons. The highest BCUT2D eigenvalue weighted by Crippen LogP contribution is 2.25. The van der Waals surface area contributed by atoms with Crippen LogP contribution < -0.4 is 0 Å². The van der Waals surface area contributed by atoms with Crippen molar-refractivity contribution in [3.05, 3.63) is 17.0 Å². The molecule has 0 fully saturated rings. The lowest BCUT2D eigenvalue weighted by Gasteiger charge is -2.43. The predicted molar refractivity (Wildman–Crippen MR) is 61.9 cm³/mol. The fourth-order valence-electron chi connectivity index (χ4n) is 2.19. The molecule has 0 bridgehead atoms. The maximum absolute atomic E-state index is 12.4. The van der Waals surface area contributed by atoms with Gasteiger partial charge in [-0.05, 0) is 26.7 Å². The fraction of sp³-hybridized carbons (Fsp3) is 0.833. The van der Waals surface area contributed by atoms with Crippen molar-refractivity contribution in [2.24, 2.45) is 0 Å². The average molecular weight is 213 g/mol. The largest absolute Gasteiger partial charge is 0.628 e. The quantitative estimate of drug-likeness (QED) is 0.578. The second kappa shape index (κ2) is 5.64. The maximum Gasteiger partial charge on any atom is 0.107 e. The Balaban J connectivity index is 2.82. The summed E-state index contributed by atoms with van der Waals surface area (Å²) < 4.78 is -0.253. The molecule has 3 heteroatoms. The minimum Gasteiger partial charge on any atom is -0.628 e. The van der Waals surface area contributed by atoms with E-state index in [0.717, 1.165) is 37.8 Å². The fourth-order valence-corrected chi connectivity index (χ4v) is 2.19. The first-order valence-electron chi connectivity index (χ1n) is 6.09. The van der Waals surface area contributed by atoms with Crippen LogP contribution in [0.15, 0.2) is 11.8 Å². The van der Waals surface area contributed by atoms with Crippen LogP contribution in [0.5, 0.6) is 0 Å². The molecule has 0 spiro atoms. The van der Waals surface area contributed by atoms with Gasteiger partial charge in [-0.25, -0.2) is 0 Å². The molecular formula is C12H23NO2. The number of allylic oxidation sites excluding steroid dienone is 1. The van der Waals surface area contributed by atoms with E-state index < -0.39 is 6.10 Å². The molecule has 0 heterocycles. The number of aliphatic hydroxyl groups excluding tert-OH is 1. The van der Waals surface area contributed by atoms with Crippen molar-refractivity contribution in [1.29, 1.82) is 0 Å². The number of hydrogen-bond acceptors (Lipinski definition) is 2. The lowest BCUT2D eigenvalue weighted by molar-refractivity contribution is -0.840. The lowest BCUT2D eigenvalue weighted by atomic mass is 10.0. The van der Waals surface area contributed by atoms with Crippen LogP contribution in [0.3, 0.4) is 0 Å². The van der Waals surface area contributed by atoms with Gasteiger partial charge < -0.3 is 15.0 Å². The Morgan fingerprint density at radius 1 is 1.33 bits per heavy atom. The van der Waals surface area contributed by atoms with Gasteiger partial charge in [-0.2, -0.15) is 0 Å². The monoisotopic (exact) mass is 213 g/mol. The minimum absolute atomic E-state index is 0.253. The SMILES string of the molecule is CC[N+]([O-])(CC)C1=CC(O)CCCCC1. The van der Waals surface area contributed by atoms with Gasteiger partial charge in [0.15, 0.2) is 0 Å². The Morgan fingerprint density at radius 2 is 2.00 bits per heavy atom. The van der Waals surface area contributed by atoms with E-state index in [1.165, 1.54) is 0 Å². The van der Waals surface area contributed by atoms with Crippen molar-refractivity contribution >= 4 is 0 Å². The Bertz CT molecular complexity index is 222. The molecule has 0 aromatic carbocycles. The van der Waals surface area contributed by atoms with E-state index >= 15 is 0 Å². The van der Waals surface area contributed by atoms with Crippen LogP contribution in [0.4, 0.5) is 0 Å². The van der Waals surface area contributed by atoms with Crippen LogP contribution in [-0.2, 0) is 0 Å². The molecule has 0 aromatic rings. The Morgan fingerprint density at radius 3 is 2.60 bits per heavy atom. The van der Waals surface area contributed by atoms with Crippen LogP contribution in [0.25, 0.3) is 0 Å². The molecular weight excluding hydrogens is 190 g/mol. The zero-order chi connectivity index (χ0) is 11.3. The number of nitrogens with zero attached hydrogens (tertiary/aromatic N) is 1. The molecule has 0 aliphatic heterocycles. The van der Waals surface area contributed by atoms with E-state index in [1.807, 2.05) is 13.8 Å². The smallest absolute Gasteiger partial charge is 0.107 e. The summed E-state index contributed by atoms with van der Waals surface area (Å²) in [7, 11) is 0. The third kappa shape index (κ3) is 3.30. The first-order valence-corrected chi connectivity index (χ1v) is 6.09. The highest BCUT2D eigenvalue weighted by Gasteiger charge is 2.21. The normalized spacial score (nSPS) is 24.3. The Hall–Kier alpha value is -0.380. The first kappa shape index (κ1) is 12.7. The molecule has 1 atom stereocenters. The van der Waals surface area contributed by atoms with E-state index in [-0.39, 0.29) is 4.65 Å². The van der Waals surface area contributed by atoms with Crippen molar-refractivity contribution in [2.45, 2.75) is 52.1 Å². The molecule has 15 heavy (non-hydrogen) atoms. The molecule has 1 N–H and O–H groups in total. The summed E-state index contributed by atoms with van der Waals surface area (Å²) >= 11 is 0. The molecule has 1 unspecified atom stereocenters. The summed E-state index contributed by atoms with van der Waals surface area (Å²) in [5.74, 6) is 0. The zero-order valence-corrected chi connectivity index (χ0v) is 9.91. The Labute approximate surface area is 92.6 Å². The maximum atomic E-state index is 12.4. The Kier molecular flexibility index (Phi) is 4.77. The molecule has 1 aliphatic carbocycles. The first-order chi connectivity index (χ1) is 7.12. The molecule has 1 rings (SSSR count). The van der Waals surface area contributed by atoms with Crippen LogP contribution in [0.2, 0.25) is 0 Å². The molecule has 0 saturated heterocycles. The number of aliphatic hydroxyl groups is 1. The van der Waals surface area contributed by atoms with Crippen LogP contribution >= 0.6 is 0 Å². The number of hydroxylamine groups is 3. The van der Waals surface area contributed by atoms with E-state index in [4.69, 9.17) is 0 Å². The van der Waals surface area contributed by atoms with E-state index in [9.17, 15) is 10.3 Å². The van der Waals surface area contributed by atoms with Crippen LogP contribution in [-0.4, -0.2) is 28.9 Å².